The zero-order chi connectivity index (χ0) is 16.8. The van der Waals surface area contributed by atoms with Crippen LogP contribution in [0.15, 0.2) is 41.1 Å². The first-order valence-electron chi connectivity index (χ1n) is 6.95. The van der Waals surface area contributed by atoms with Gasteiger partial charge in [0.15, 0.2) is 17.3 Å². The Kier molecular flexibility index (Phi) is 3.45. The average molecular weight is 395 g/mol. The lowest BCUT2D eigenvalue weighted by atomic mass is 10.1. The van der Waals surface area contributed by atoms with E-state index in [-0.39, 0.29) is 6.61 Å². The first-order chi connectivity index (χ1) is 11.5. The summed E-state index contributed by atoms with van der Waals surface area (Å²) in [7, 11) is 0. The molecule has 9 heteroatoms. The Labute approximate surface area is 142 Å². The third kappa shape index (κ3) is 2.32. The molecule has 24 heavy (non-hydrogen) atoms. The van der Waals surface area contributed by atoms with E-state index < -0.39 is 23.8 Å². The highest BCUT2D eigenvalue weighted by molar-refractivity contribution is 9.10. The number of amides is 1. The van der Waals surface area contributed by atoms with Crippen molar-refractivity contribution in [2.24, 2.45) is 0 Å². The minimum absolute atomic E-state index is 0.0250. The lowest BCUT2D eigenvalue weighted by Crippen LogP contribution is -2.28. The molecule has 1 atom stereocenters. The van der Waals surface area contributed by atoms with Gasteiger partial charge in [-0.25, -0.2) is 23.1 Å². The van der Waals surface area contributed by atoms with Crippen molar-refractivity contribution in [1.29, 1.82) is 0 Å². The van der Waals surface area contributed by atoms with Crippen LogP contribution < -0.4 is 4.90 Å². The molecular weight excluding hydrogens is 386 g/mol. The summed E-state index contributed by atoms with van der Waals surface area (Å²) in [6.07, 6.45) is 2.63. The van der Waals surface area contributed by atoms with Crippen molar-refractivity contribution in [1.82, 2.24) is 14.6 Å². The van der Waals surface area contributed by atoms with Crippen molar-refractivity contribution < 1.29 is 18.3 Å². The molecule has 3 heterocycles. The fourth-order valence-corrected chi connectivity index (χ4v) is 2.97. The highest BCUT2D eigenvalue weighted by atomic mass is 79.9. The number of carbonyl (C=O) groups is 1. The van der Waals surface area contributed by atoms with Gasteiger partial charge in [0.2, 0.25) is 0 Å². The van der Waals surface area contributed by atoms with Gasteiger partial charge in [-0.3, -0.25) is 4.90 Å². The number of aromatic nitrogens is 3. The van der Waals surface area contributed by atoms with Crippen LogP contribution in [0.4, 0.5) is 19.4 Å². The molecule has 3 aromatic rings. The molecule has 0 unspecified atom stereocenters. The summed E-state index contributed by atoms with van der Waals surface area (Å²) in [4.78, 5) is 17.8. The molecule has 1 aromatic carbocycles. The van der Waals surface area contributed by atoms with E-state index in [9.17, 15) is 13.6 Å². The Bertz CT molecular complexity index is 962. The van der Waals surface area contributed by atoms with E-state index in [2.05, 4.69) is 26.0 Å². The smallest absolute Gasteiger partial charge is 0.416 e. The molecule has 1 fully saturated rings. The Balaban J connectivity index is 1.79. The van der Waals surface area contributed by atoms with E-state index in [4.69, 9.17) is 4.74 Å². The maximum Gasteiger partial charge on any atom is 0.416 e. The average Bonchev–Trinajstić information content (AvgIpc) is 3.13. The highest BCUT2D eigenvalue weighted by Gasteiger charge is 2.36. The molecular formula is C15H9BrF2N4O2. The van der Waals surface area contributed by atoms with Gasteiger partial charge in [0.25, 0.3) is 0 Å². The summed E-state index contributed by atoms with van der Waals surface area (Å²) >= 11 is 3.33. The molecule has 0 N–H and O–H groups in total. The molecule has 1 saturated heterocycles. The van der Waals surface area contributed by atoms with E-state index >= 15 is 0 Å². The van der Waals surface area contributed by atoms with Crippen LogP contribution in [0.5, 0.6) is 0 Å². The van der Waals surface area contributed by atoms with Gasteiger partial charge in [-0.15, -0.1) is 0 Å². The maximum absolute atomic E-state index is 13.5. The Hall–Kier alpha value is -2.55. The second kappa shape index (κ2) is 5.52. The highest BCUT2D eigenvalue weighted by Crippen LogP contribution is 2.33. The van der Waals surface area contributed by atoms with E-state index in [1.165, 1.54) is 11.0 Å². The molecule has 0 spiro atoms. The number of hydrogen-bond donors (Lipinski definition) is 0. The maximum atomic E-state index is 13.5. The fourth-order valence-electron chi connectivity index (χ4n) is 2.61. The van der Waals surface area contributed by atoms with E-state index in [0.29, 0.717) is 21.5 Å². The number of hydrogen-bond acceptors (Lipinski definition) is 4. The largest absolute Gasteiger partial charge is 0.447 e. The minimum Gasteiger partial charge on any atom is -0.447 e. The second-order valence-electron chi connectivity index (χ2n) is 5.18. The molecule has 1 aliphatic heterocycles. The molecule has 1 aliphatic rings. The number of cyclic esters (lactones) is 1. The summed E-state index contributed by atoms with van der Waals surface area (Å²) in [5.41, 5.74) is 0.949. The first kappa shape index (κ1) is 15.0. The van der Waals surface area contributed by atoms with Crippen LogP contribution in [-0.4, -0.2) is 27.3 Å². The molecule has 2 aromatic heterocycles. The molecule has 0 aliphatic carbocycles. The summed E-state index contributed by atoms with van der Waals surface area (Å²) < 4.78 is 34.0. The van der Waals surface area contributed by atoms with Crippen LogP contribution in [0.3, 0.4) is 0 Å². The Morgan fingerprint density at radius 1 is 1.25 bits per heavy atom. The number of anilines is 1. The predicted octanol–water partition coefficient (Wildman–Crippen LogP) is 3.47. The Morgan fingerprint density at radius 3 is 2.88 bits per heavy atom. The molecule has 0 bridgehead atoms. The third-order valence-corrected chi connectivity index (χ3v) is 4.32. The molecule has 1 amide bonds. The zero-order valence-electron chi connectivity index (χ0n) is 12.0. The lowest BCUT2D eigenvalue weighted by Gasteiger charge is -2.20. The third-order valence-electron chi connectivity index (χ3n) is 3.76. The number of ether oxygens (including phenoxy) is 1. The van der Waals surface area contributed by atoms with Crippen LogP contribution in [0.25, 0.3) is 5.65 Å². The van der Waals surface area contributed by atoms with Gasteiger partial charge in [-0.05, 0) is 39.7 Å². The van der Waals surface area contributed by atoms with Crippen molar-refractivity contribution in [2.75, 3.05) is 11.5 Å². The van der Waals surface area contributed by atoms with Gasteiger partial charge in [0, 0.05) is 6.20 Å². The number of rotatable bonds is 2. The van der Waals surface area contributed by atoms with Crippen LogP contribution >= 0.6 is 15.9 Å². The minimum atomic E-state index is -0.978. The van der Waals surface area contributed by atoms with Crippen molar-refractivity contribution in [3.8, 4) is 0 Å². The van der Waals surface area contributed by atoms with Gasteiger partial charge in [0.05, 0.1) is 10.7 Å². The summed E-state index contributed by atoms with van der Waals surface area (Å²) in [5.74, 6) is -1.59. The van der Waals surface area contributed by atoms with Crippen molar-refractivity contribution >= 4 is 33.5 Å². The van der Waals surface area contributed by atoms with E-state index in [0.717, 1.165) is 12.1 Å². The fraction of sp³-hybridized carbons (Fsp3) is 0.133. The number of nitrogens with zero attached hydrogens (tertiary/aromatic N) is 4. The van der Waals surface area contributed by atoms with E-state index in [1.807, 2.05) is 0 Å². The summed E-state index contributed by atoms with van der Waals surface area (Å²) in [6, 6.07) is 4.51. The number of halogens is 3. The summed E-state index contributed by atoms with van der Waals surface area (Å²) in [6.45, 7) is 0.0250. The van der Waals surface area contributed by atoms with Crippen molar-refractivity contribution in [3.63, 3.8) is 0 Å². The normalized spacial score (nSPS) is 17.5. The number of fused-ring (bicyclic) bond motifs is 1. The second-order valence-corrected chi connectivity index (χ2v) is 6.04. The molecule has 6 nitrogen and oxygen atoms in total. The molecule has 0 radical (unpaired) electrons. The number of carbonyl (C=O) groups excluding carboxylic acids is 1. The van der Waals surface area contributed by atoms with Gasteiger partial charge >= 0.3 is 6.09 Å². The topological polar surface area (TPSA) is 59.7 Å². The first-order valence-corrected chi connectivity index (χ1v) is 7.75. The zero-order valence-corrected chi connectivity index (χ0v) is 13.6. The molecule has 122 valence electrons. The van der Waals surface area contributed by atoms with E-state index in [1.54, 1.807) is 23.0 Å². The quantitative estimate of drug-likeness (QED) is 0.667. The van der Waals surface area contributed by atoms with Crippen molar-refractivity contribution in [3.05, 3.63) is 58.3 Å². The van der Waals surface area contributed by atoms with Crippen LogP contribution in [0.2, 0.25) is 0 Å². The number of benzene rings is 1. The van der Waals surface area contributed by atoms with Crippen molar-refractivity contribution in [2.45, 2.75) is 6.04 Å². The molecule has 4 rings (SSSR count). The van der Waals surface area contributed by atoms with Gasteiger partial charge in [-0.2, -0.15) is 5.10 Å². The van der Waals surface area contributed by atoms with Crippen LogP contribution in [0, 0.1) is 11.6 Å². The van der Waals surface area contributed by atoms with Gasteiger partial charge < -0.3 is 4.74 Å². The van der Waals surface area contributed by atoms with Gasteiger partial charge in [0.1, 0.15) is 18.5 Å². The monoisotopic (exact) mass is 394 g/mol. The lowest BCUT2D eigenvalue weighted by molar-refractivity contribution is 0.179. The summed E-state index contributed by atoms with van der Waals surface area (Å²) in [5, 5.41) is 4.08. The molecule has 0 saturated carbocycles. The SMILES string of the molecule is O=C1OC[C@H](c2ccc(F)c(F)c2)N1c1ccn2ncc(Br)c2n1. The van der Waals surface area contributed by atoms with Gasteiger partial charge in [-0.1, -0.05) is 6.07 Å². The Morgan fingerprint density at radius 2 is 2.08 bits per heavy atom. The van der Waals surface area contributed by atoms with Crippen LogP contribution in [0.1, 0.15) is 11.6 Å². The predicted molar refractivity (Wildman–Crippen MR) is 83.6 cm³/mol. The van der Waals surface area contributed by atoms with Crippen LogP contribution in [-0.2, 0) is 4.74 Å². The standard InChI is InChI=1S/C15H9BrF2N4O2/c16-9-6-19-21-4-3-13(20-14(9)21)22-12(7-24-15(22)23)8-1-2-10(17)11(18)5-8/h1-6,12H,7H2/t12-/m1/s1.